The summed E-state index contributed by atoms with van der Waals surface area (Å²) in [6.07, 6.45) is 1.54. The molecule has 174 valence electrons. The maximum absolute atomic E-state index is 13.1. The summed E-state index contributed by atoms with van der Waals surface area (Å²) >= 11 is 3.32. The molecule has 33 heavy (non-hydrogen) atoms. The molecule has 0 spiro atoms. The number of piperazine rings is 1. The molecule has 2 aromatic carbocycles. The summed E-state index contributed by atoms with van der Waals surface area (Å²) in [5, 5.41) is 3.29. The maximum Gasteiger partial charge on any atom is 0.263 e. The Bertz CT molecular complexity index is 1180. The number of hydrogen-bond donors (Lipinski definition) is 2. The summed E-state index contributed by atoms with van der Waals surface area (Å²) in [5.74, 6) is 1.03. The van der Waals surface area contributed by atoms with E-state index in [-0.39, 0.29) is 4.90 Å². The Hall–Kier alpha value is -2.69. The van der Waals surface area contributed by atoms with Crippen LogP contribution < -0.4 is 14.9 Å². The smallest absolute Gasteiger partial charge is 0.263 e. The van der Waals surface area contributed by atoms with E-state index in [2.05, 4.69) is 47.7 Å². The number of halogens is 1. The largest absolute Gasteiger partial charge is 0.364 e. The van der Waals surface area contributed by atoms with Gasteiger partial charge in [-0.15, -0.1) is 0 Å². The Morgan fingerprint density at radius 2 is 1.70 bits per heavy atom. The molecular weight excluding hydrogens is 504 g/mol. The van der Waals surface area contributed by atoms with Gasteiger partial charge >= 0.3 is 0 Å². The highest BCUT2D eigenvalue weighted by molar-refractivity contribution is 9.10. The Morgan fingerprint density at radius 3 is 2.39 bits per heavy atom. The van der Waals surface area contributed by atoms with Crippen LogP contribution in [0.1, 0.15) is 12.5 Å². The molecule has 0 amide bonds. The standard InChI is InChI=1S/C23H27BrN6O2S/c1-2-29-12-14-30(15-13-29)23-26-17-20(22(27-23)25-16-18-8-4-3-5-9-18)28-33(31,32)21-11-7-6-10-19(21)24/h3-11,17,28H,2,12-16H2,1H3,(H,25,26,27). The molecule has 1 saturated heterocycles. The molecule has 0 saturated carbocycles. The molecule has 0 aliphatic carbocycles. The Labute approximate surface area is 203 Å². The van der Waals surface area contributed by atoms with Gasteiger partial charge in [0.25, 0.3) is 10.0 Å². The zero-order valence-electron chi connectivity index (χ0n) is 18.4. The molecule has 2 N–H and O–H groups in total. The van der Waals surface area contributed by atoms with E-state index in [1.807, 2.05) is 30.3 Å². The molecule has 10 heteroatoms. The maximum atomic E-state index is 13.1. The van der Waals surface area contributed by atoms with Gasteiger partial charge in [0, 0.05) is 37.2 Å². The zero-order chi connectivity index (χ0) is 23.3. The van der Waals surface area contributed by atoms with Crippen molar-refractivity contribution in [1.82, 2.24) is 14.9 Å². The molecule has 1 aliphatic heterocycles. The van der Waals surface area contributed by atoms with E-state index in [1.54, 1.807) is 24.3 Å². The molecule has 0 atom stereocenters. The number of anilines is 3. The fraction of sp³-hybridized carbons (Fsp3) is 0.304. The van der Waals surface area contributed by atoms with Crippen molar-refractivity contribution in [3.63, 3.8) is 0 Å². The molecule has 1 fully saturated rings. The Balaban J connectivity index is 1.61. The Morgan fingerprint density at radius 1 is 1.00 bits per heavy atom. The molecule has 0 unspecified atom stereocenters. The van der Waals surface area contributed by atoms with Gasteiger partial charge in [-0.2, -0.15) is 4.98 Å². The fourth-order valence-electron chi connectivity index (χ4n) is 3.64. The van der Waals surface area contributed by atoms with Crippen molar-refractivity contribution in [2.45, 2.75) is 18.4 Å². The van der Waals surface area contributed by atoms with Crippen LogP contribution >= 0.6 is 15.9 Å². The molecule has 0 radical (unpaired) electrons. The first kappa shape index (κ1) is 23.5. The Kier molecular flexibility index (Phi) is 7.46. The van der Waals surface area contributed by atoms with E-state index >= 15 is 0 Å². The second-order valence-electron chi connectivity index (χ2n) is 7.73. The number of benzene rings is 2. The van der Waals surface area contributed by atoms with Crippen molar-refractivity contribution in [3.05, 3.63) is 70.8 Å². The third-order valence-electron chi connectivity index (χ3n) is 5.55. The third-order valence-corrected chi connectivity index (χ3v) is 7.93. The van der Waals surface area contributed by atoms with Crippen molar-refractivity contribution in [3.8, 4) is 0 Å². The highest BCUT2D eigenvalue weighted by Gasteiger charge is 2.22. The van der Waals surface area contributed by atoms with Crippen LogP contribution in [-0.2, 0) is 16.6 Å². The van der Waals surface area contributed by atoms with Crippen LogP contribution in [0.3, 0.4) is 0 Å². The number of aromatic nitrogens is 2. The lowest BCUT2D eigenvalue weighted by atomic mass is 10.2. The number of sulfonamides is 1. The van der Waals surface area contributed by atoms with Crippen LogP contribution in [0.25, 0.3) is 0 Å². The summed E-state index contributed by atoms with van der Waals surface area (Å²) in [6.45, 7) is 7.23. The quantitative estimate of drug-likeness (QED) is 0.457. The topological polar surface area (TPSA) is 90.5 Å². The number of likely N-dealkylation sites (N-methyl/N-ethyl adjacent to an activating group) is 1. The molecular formula is C23H27BrN6O2S. The molecule has 3 aromatic rings. The van der Waals surface area contributed by atoms with Gasteiger partial charge in [-0.1, -0.05) is 49.4 Å². The van der Waals surface area contributed by atoms with Crippen LogP contribution in [0.5, 0.6) is 0 Å². The number of hydrogen-bond acceptors (Lipinski definition) is 7. The molecule has 2 heterocycles. The highest BCUT2D eigenvalue weighted by atomic mass is 79.9. The lowest BCUT2D eigenvalue weighted by Crippen LogP contribution is -2.46. The lowest BCUT2D eigenvalue weighted by Gasteiger charge is -2.34. The van der Waals surface area contributed by atoms with Crippen LogP contribution in [0.15, 0.2) is 70.2 Å². The summed E-state index contributed by atoms with van der Waals surface area (Å²) in [5.41, 5.74) is 1.37. The van der Waals surface area contributed by atoms with Gasteiger partial charge in [0.15, 0.2) is 5.82 Å². The summed E-state index contributed by atoms with van der Waals surface area (Å²) < 4.78 is 29.3. The van der Waals surface area contributed by atoms with Crippen molar-refractivity contribution in [1.29, 1.82) is 0 Å². The third kappa shape index (κ3) is 5.82. The van der Waals surface area contributed by atoms with E-state index < -0.39 is 10.0 Å². The second kappa shape index (κ2) is 10.5. The molecule has 4 rings (SSSR count). The zero-order valence-corrected chi connectivity index (χ0v) is 20.8. The molecule has 1 aliphatic rings. The van der Waals surface area contributed by atoms with Gasteiger partial charge in [0.2, 0.25) is 5.95 Å². The predicted molar refractivity (Wildman–Crippen MR) is 135 cm³/mol. The number of rotatable bonds is 8. The van der Waals surface area contributed by atoms with Crippen LogP contribution in [0.2, 0.25) is 0 Å². The normalized spacial score (nSPS) is 14.8. The monoisotopic (exact) mass is 530 g/mol. The highest BCUT2D eigenvalue weighted by Crippen LogP contribution is 2.28. The van der Waals surface area contributed by atoms with E-state index in [0.29, 0.717) is 28.5 Å². The van der Waals surface area contributed by atoms with E-state index in [0.717, 1.165) is 38.3 Å². The minimum absolute atomic E-state index is 0.152. The van der Waals surface area contributed by atoms with Gasteiger partial charge in [-0.25, -0.2) is 13.4 Å². The minimum atomic E-state index is -3.83. The van der Waals surface area contributed by atoms with Gasteiger partial charge in [-0.05, 0) is 40.2 Å². The van der Waals surface area contributed by atoms with Crippen molar-refractivity contribution in [2.75, 3.05) is 47.7 Å². The van der Waals surface area contributed by atoms with E-state index in [9.17, 15) is 8.42 Å². The summed E-state index contributed by atoms with van der Waals surface area (Å²) in [7, 11) is -3.83. The molecule has 8 nitrogen and oxygen atoms in total. The van der Waals surface area contributed by atoms with Crippen molar-refractivity contribution < 1.29 is 8.42 Å². The van der Waals surface area contributed by atoms with Gasteiger partial charge in [0.05, 0.1) is 6.20 Å². The number of nitrogens with zero attached hydrogens (tertiary/aromatic N) is 4. The van der Waals surface area contributed by atoms with Crippen molar-refractivity contribution in [2.24, 2.45) is 0 Å². The van der Waals surface area contributed by atoms with Crippen LogP contribution in [0, 0.1) is 0 Å². The molecule has 0 bridgehead atoms. The van der Waals surface area contributed by atoms with E-state index in [1.165, 1.54) is 6.20 Å². The van der Waals surface area contributed by atoms with Crippen LogP contribution in [-0.4, -0.2) is 56.0 Å². The van der Waals surface area contributed by atoms with Gasteiger partial charge in [0.1, 0.15) is 10.6 Å². The van der Waals surface area contributed by atoms with Crippen molar-refractivity contribution >= 4 is 43.4 Å². The average Bonchev–Trinajstić information content (AvgIpc) is 2.84. The summed E-state index contributed by atoms with van der Waals surface area (Å²) in [4.78, 5) is 13.9. The van der Waals surface area contributed by atoms with Crippen LogP contribution in [0.4, 0.5) is 17.5 Å². The SMILES string of the molecule is CCN1CCN(c2ncc(NS(=O)(=O)c3ccccc3Br)c(NCc3ccccc3)n2)CC1. The average molecular weight is 531 g/mol. The lowest BCUT2D eigenvalue weighted by molar-refractivity contribution is 0.270. The summed E-state index contributed by atoms with van der Waals surface area (Å²) in [6, 6.07) is 16.6. The number of nitrogens with one attached hydrogen (secondary N) is 2. The first-order chi connectivity index (χ1) is 16.0. The minimum Gasteiger partial charge on any atom is -0.364 e. The van der Waals surface area contributed by atoms with Gasteiger partial charge < -0.3 is 15.1 Å². The van der Waals surface area contributed by atoms with E-state index in [4.69, 9.17) is 4.98 Å². The second-order valence-corrected chi connectivity index (χ2v) is 10.2. The van der Waals surface area contributed by atoms with Gasteiger partial charge in [-0.3, -0.25) is 4.72 Å². The first-order valence-corrected chi connectivity index (χ1v) is 13.1. The first-order valence-electron chi connectivity index (χ1n) is 10.9. The fourth-order valence-corrected chi connectivity index (χ4v) is 5.70. The molecule has 1 aromatic heterocycles. The predicted octanol–water partition coefficient (Wildman–Crippen LogP) is 3.79.